The van der Waals surface area contributed by atoms with E-state index in [-0.39, 0.29) is 11.8 Å². The number of hydrogen-bond donors (Lipinski definition) is 1. The lowest BCUT2D eigenvalue weighted by atomic mass is 10.0. The van der Waals surface area contributed by atoms with Gasteiger partial charge in [0.05, 0.1) is 5.54 Å². The predicted octanol–water partition coefficient (Wildman–Crippen LogP) is 5.58. The molecule has 0 spiro atoms. The highest BCUT2D eigenvalue weighted by atomic mass is 16.2. The number of hydrazine groups is 1. The zero-order chi connectivity index (χ0) is 21.3. The minimum Gasteiger partial charge on any atom is -0.267 e. The molecule has 4 rings (SSSR count). The molecule has 30 heavy (non-hydrogen) atoms. The molecular formula is C26H24N2O2. The minimum atomic E-state index is -0.602. The largest absolute Gasteiger partial charge is 0.272 e. The highest BCUT2D eigenvalue weighted by molar-refractivity contribution is 6.03. The predicted molar refractivity (Wildman–Crippen MR) is 121 cm³/mol. The lowest BCUT2D eigenvalue weighted by Gasteiger charge is -2.35. The van der Waals surface area contributed by atoms with Crippen LogP contribution in [-0.4, -0.2) is 22.4 Å². The number of hydrogen-bond acceptors (Lipinski definition) is 2. The maximum atomic E-state index is 13.3. The number of amides is 2. The first-order chi connectivity index (χ1) is 14.3. The molecular weight excluding hydrogens is 372 g/mol. The van der Waals surface area contributed by atoms with Gasteiger partial charge in [-0.25, -0.2) is 5.01 Å². The Balaban J connectivity index is 1.64. The van der Waals surface area contributed by atoms with Crippen LogP contribution in [-0.2, 0) is 0 Å². The summed E-state index contributed by atoms with van der Waals surface area (Å²) in [5.41, 5.74) is 3.27. The third kappa shape index (κ3) is 3.90. The van der Waals surface area contributed by atoms with Gasteiger partial charge in [0.2, 0.25) is 0 Å². The second-order valence-electron chi connectivity index (χ2n) is 8.38. The SMILES string of the molecule is CC(C)(C)N(NC(=O)c1ccc2ccccc2c1)C(=O)c1ccc2ccccc2c1. The molecule has 4 aromatic rings. The molecule has 150 valence electrons. The fourth-order valence-electron chi connectivity index (χ4n) is 3.47. The molecule has 0 unspecified atom stereocenters. The van der Waals surface area contributed by atoms with Crippen LogP contribution in [0.2, 0.25) is 0 Å². The van der Waals surface area contributed by atoms with Gasteiger partial charge in [0, 0.05) is 11.1 Å². The van der Waals surface area contributed by atoms with E-state index in [1.165, 1.54) is 5.01 Å². The van der Waals surface area contributed by atoms with Gasteiger partial charge in [0.15, 0.2) is 0 Å². The molecule has 0 heterocycles. The Morgan fingerprint density at radius 2 is 1.13 bits per heavy atom. The van der Waals surface area contributed by atoms with E-state index in [9.17, 15) is 9.59 Å². The summed E-state index contributed by atoms with van der Waals surface area (Å²) >= 11 is 0. The summed E-state index contributed by atoms with van der Waals surface area (Å²) in [4.78, 5) is 26.3. The van der Waals surface area contributed by atoms with Gasteiger partial charge in [0.1, 0.15) is 0 Å². The molecule has 2 amide bonds. The van der Waals surface area contributed by atoms with Crippen molar-refractivity contribution >= 4 is 33.4 Å². The molecule has 0 bridgehead atoms. The molecule has 0 saturated carbocycles. The molecule has 1 N–H and O–H groups in total. The number of nitrogens with zero attached hydrogens (tertiary/aromatic N) is 1. The van der Waals surface area contributed by atoms with Crippen molar-refractivity contribution in [3.8, 4) is 0 Å². The zero-order valence-corrected chi connectivity index (χ0v) is 17.3. The van der Waals surface area contributed by atoms with Gasteiger partial charge in [-0.2, -0.15) is 0 Å². The van der Waals surface area contributed by atoms with E-state index < -0.39 is 5.54 Å². The van der Waals surface area contributed by atoms with Crippen molar-refractivity contribution in [2.45, 2.75) is 26.3 Å². The van der Waals surface area contributed by atoms with Crippen LogP contribution < -0.4 is 5.43 Å². The van der Waals surface area contributed by atoms with Crippen molar-refractivity contribution in [2.75, 3.05) is 0 Å². The lowest BCUT2D eigenvalue weighted by Crippen LogP contribution is -2.55. The van der Waals surface area contributed by atoms with E-state index >= 15 is 0 Å². The van der Waals surface area contributed by atoms with E-state index in [4.69, 9.17) is 0 Å². The standard InChI is InChI=1S/C26H24N2O2/c1-26(2,3)28(25(30)23-15-13-19-9-5-7-11-21(19)17-23)27-24(29)22-14-12-18-8-4-6-10-20(18)16-22/h4-17H,1-3H3,(H,27,29). The Kier molecular flexibility index (Phi) is 5.00. The van der Waals surface area contributed by atoms with Crippen LogP contribution >= 0.6 is 0 Å². The number of carbonyl (C=O) groups excluding carboxylic acids is 2. The first kappa shape index (κ1) is 19.6. The van der Waals surface area contributed by atoms with Crippen molar-refractivity contribution in [3.05, 3.63) is 96.1 Å². The first-order valence-corrected chi connectivity index (χ1v) is 9.96. The van der Waals surface area contributed by atoms with Gasteiger partial charge >= 0.3 is 0 Å². The summed E-state index contributed by atoms with van der Waals surface area (Å²) in [5.74, 6) is -0.563. The van der Waals surface area contributed by atoms with Gasteiger partial charge in [-0.3, -0.25) is 15.0 Å². The maximum Gasteiger partial charge on any atom is 0.272 e. The molecule has 4 heteroatoms. The van der Waals surface area contributed by atoms with Crippen molar-refractivity contribution in [1.82, 2.24) is 10.4 Å². The fraction of sp³-hybridized carbons (Fsp3) is 0.154. The Bertz CT molecular complexity index is 1250. The Morgan fingerprint density at radius 3 is 1.67 bits per heavy atom. The van der Waals surface area contributed by atoms with Crippen LogP contribution in [0.4, 0.5) is 0 Å². The summed E-state index contributed by atoms with van der Waals surface area (Å²) < 4.78 is 0. The lowest BCUT2D eigenvalue weighted by molar-refractivity contribution is 0.0359. The van der Waals surface area contributed by atoms with Crippen LogP contribution in [0.3, 0.4) is 0 Å². The second kappa shape index (κ2) is 7.64. The molecule has 0 aromatic heterocycles. The number of rotatable bonds is 2. The quantitative estimate of drug-likeness (QED) is 0.450. The van der Waals surface area contributed by atoms with Crippen LogP contribution in [0.15, 0.2) is 84.9 Å². The topological polar surface area (TPSA) is 49.4 Å². The Labute approximate surface area is 176 Å². The van der Waals surface area contributed by atoms with Crippen LogP contribution in [0.25, 0.3) is 21.5 Å². The normalized spacial score (nSPS) is 11.4. The van der Waals surface area contributed by atoms with E-state index in [1.54, 1.807) is 12.1 Å². The Morgan fingerprint density at radius 1 is 0.667 bits per heavy atom. The first-order valence-electron chi connectivity index (χ1n) is 9.96. The van der Waals surface area contributed by atoms with Gasteiger partial charge in [-0.05, 0) is 66.6 Å². The molecule has 0 saturated heterocycles. The van der Waals surface area contributed by atoms with Gasteiger partial charge < -0.3 is 0 Å². The summed E-state index contributed by atoms with van der Waals surface area (Å²) in [6.07, 6.45) is 0. The average molecular weight is 396 g/mol. The second-order valence-corrected chi connectivity index (χ2v) is 8.38. The van der Waals surface area contributed by atoms with Crippen LogP contribution in [0.5, 0.6) is 0 Å². The zero-order valence-electron chi connectivity index (χ0n) is 17.3. The molecule has 4 nitrogen and oxygen atoms in total. The monoisotopic (exact) mass is 396 g/mol. The van der Waals surface area contributed by atoms with Crippen LogP contribution in [0, 0.1) is 0 Å². The number of carbonyl (C=O) groups is 2. The van der Waals surface area contributed by atoms with Gasteiger partial charge in [-0.1, -0.05) is 60.7 Å². The third-order valence-corrected chi connectivity index (χ3v) is 5.10. The average Bonchev–Trinajstić information content (AvgIpc) is 2.75. The van der Waals surface area contributed by atoms with Crippen molar-refractivity contribution < 1.29 is 9.59 Å². The molecule has 0 atom stereocenters. The van der Waals surface area contributed by atoms with E-state index in [0.29, 0.717) is 11.1 Å². The summed E-state index contributed by atoms with van der Waals surface area (Å²) in [6.45, 7) is 5.69. The fourth-order valence-corrected chi connectivity index (χ4v) is 3.47. The van der Waals surface area contributed by atoms with Gasteiger partial charge in [-0.15, -0.1) is 0 Å². The van der Waals surface area contributed by atoms with Crippen molar-refractivity contribution in [2.24, 2.45) is 0 Å². The minimum absolute atomic E-state index is 0.248. The summed E-state index contributed by atoms with van der Waals surface area (Å²) in [5, 5.41) is 5.51. The molecule has 0 aliphatic carbocycles. The summed E-state index contributed by atoms with van der Waals surface area (Å²) in [7, 11) is 0. The van der Waals surface area contributed by atoms with E-state index in [1.807, 2.05) is 93.6 Å². The third-order valence-electron chi connectivity index (χ3n) is 5.10. The molecule has 0 fully saturated rings. The maximum absolute atomic E-state index is 13.3. The summed E-state index contributed by atoms with van der Waals surface area (Å²) in [6, 6.07) is 26.9. The highest BCUT2D eigenvalue weighted by Crippen LogP contribution is 2.21. The van der Waals surface area contributed by atoms with Gasteiger partial charge in [0.25, 0.3) is 11.8 Å². The Hall–Kier alpha value is -3.66. The molecule has 0 radical (unpaired) electrons. The number of nitrogens with one attached hydrogen (secondary N) is 1. The molecule has 4 aromatic carbocycles. The van der Waals surface area contributed by atoms with Crippen LogP contribution in [0.1, 0.15) is 41.5 Å². The number of benzene rings is 4. The number of fused-ring (bicyclic) bond motifs is 2. The van der Waals surface area contributed by atoms with E-state index in [2.05, 4.69) is 5.43 Å². The highest BCUT2D eigenvalue weighted by Gasteiger charge is 2.29. The smallest absolute Gasteiger partial charge is 0.267 e. The van der Waals surface area contributed by atoms with Crippen molar-refractivity contribution in [3.63, 3.8) is 0 Å². The molecule has 0 aliphatic heterocycles. The molecule has 0 aliphatic rings. The van der Waals surface area contributed by atoms with Crippen molar-refractivity contribution in [1.29, 1.82) is 0 Å². The van der Waals surface area contributed by atoms with E-state index in [0.717, 1.165) is 21.5 Å².